The molecule has 0 saturated heterocycles. The number of hydrogen-bond donors (Lipinski definition) is 1. The van der Waals surface area contributed by atoms with Gasteiger partial charge in [0.05, 0.1) is 11.5 Å². The molecule has 0 bridgehead atoms. The van der Waals surface area contributed by atoms with Crippen molar-refractivity contribution in [2.75, 3.05) is 6.54 Å². The van der Waals surface area contributed by atoms with Gasteiger partial charge in [0.1, 0.15) is 5.01 Å². The van der Waals surface area contributed by atoms with Crippen molar-refractivity contribution < 1.29 is 0 Å². The van der Waals surface area contributed by atoms with Gasteiger partial charge < -0.3 is 5.32 Å². The molecule has 16 heavy (non-hydrogen) atoms. The summed E-state index contributed by atoms with van der Waals surface area (Å²) >= 11 is 1.74. The Kier molecular flexibility index (Phi) is 4.45. The largest absolute Gasteiger partial charge is 0.309 e. The van der Waals surface area contributed by atoms with E-state index < -0.39 is 0 Å². The van der Waals surface area contributed by atoms with Crippen LogP contribution in [0.1, 0.15) is 43.5 Å². The van der Waals surface area contributed by atoms with Crippen molar-refractivity contribution in [3.8, 4) is 6.07 Å². The van der Waals surface area contributed by atoms with E-state index in [1.807, 2.05) is 20.0 Å². The van der Waals surface area contributed by atoms with Crippen LogP contribution >= 0.6 is 11.3 Å². The smallest absolute Gasteiger partial charge is 0.107 e. The molecule has 1 heterocycles. The van der Waals surface area contributed by atoms with Crippen molar-refractivity contribution in [2.24, 2.45) is 5.41 Å². The summed E-state index contributed by atoms with van der Waals surface area (Å²) in [7, 11) is 0. The lowest BCUT2D eigenvalue weighted by molar-refractivity contribution is 0.445. The zero-order chi connectivity index (χ0) is 12.2. The minimum atomic E-state index is -0.307. The predicted molar refractivity (Wildman–Crippen MR) is 67.3 cm³/mol. The van der Waals surface area contributed by atoms with Crippen LogP contribution in [-0.2, 0) is 6.54 Å². The van der Waals surface area contributed by atoms with Gasteiger partial charge in [-0.05, 0) is 19.8 Å². The Hall–Kier alpha value is -0.920. The fourth-order valence-electron chi connectivity index (χ4n) is 1.19. The Balaban J connectivity index is 2.41. The molecule has 0 fully saturated rings. The Labute approximate surface area is 102 Å². The van der Waals surface area contributed by atoms with Crippen molar-refractivity contribution in [1.29, 1.82) is 5.26 Å². The van der Waals surface area contributed by atoms with Gasteiger partial charge in [-0.1, -0.05) is 13.8 Å². The normalized spacial score (nSPS) is 11.8. The predicted octanol–water partition coefficient (Wildman–Crippen LogP) is 2.91. The van der Waals surface area contributed by atoms with Gasteiger partial charge >= 0.3 is 0 Å². The van der Waals surface area contributed by atoms with E-state index >= 15 is 0 Å². The van der Waals surface area contributed by atoms with Gasteiger partial charge in [-0.25, -0.2) is 4.98 Å². The molecule has 3 nitrogen and oxygen atoms in total. The highest BCUT2D eigenvalue weighted by Crippen LogP contribution is 2.21. The Bertz CT molecular complexity index is 374. The van der Waals surface area contributed by atoms with Crippen LogP contribution in [0.5, 0.6) is 0 Å². The number of nitrogens with one attached hydrogen (secondary N) is 1. The van der Waals surface area contributed by atoms with Crippen molar-refractivity contribution in [1.82, 2.24) is 10.3 Å². The van der Waals surface area contributed by atoms with Crippen molar-refractivity contribution in [3.05, 3.63) is 16.1 Å². The molecule has 4 heteroatoms. The highest BCUT2D eigenvalue weighted by atomic mass is 32.1. The standard InChI is InChI=1S/C12H19N3S/c1-9(2)10-5-15-11(16-10)6-14-8-12(3,4)7-13/h5,9,14H,6,8H2,1-4H3. The number of thiazole rings is 1. The lowest BCUT2D eigenvalue weighted by atomic mass is 9.96. The van der Waals surface area contributed by atoms with Crippen LogP contribution in [0.3, 0.4) is 0 Å². The second-order valence-corrected chi connectivity index (χ2v) is 6.06. The summed E-state index contributed by atoms with van der Waals surface area (Å²) < 4.78 is 0. The zero-order valence-electron chi connectivity index (χ0n) is 10.4. The van der Waals surface area contributed by atoms with Crippen molar-refractivity contribution in [2.45, 2.75) is 40.2 Å². The third-order valence-corrected chi connectivity index (χ3v) is 3.58. The third kappa shape index (κ3) is 3.92. The molecule has 0 aromatic carbocycles. The summed E-state index contributed by atoms with van der Waals surface area (Å²) in [5.74, 6) is 0.543. The number of rotatable bonds is 5. The molecule has 1 aromatic heterocycles. The first-order chi connectivity index (χ1) is 7.44. The average Bonchev–Trinajstić information content (AvgIpc) is 2.66. The van der Waals surface area contributed by atoms with Gasteiger partial charge in [0.15, 0.2) is 0 Å². The summed E-state index contributed by atoms with van der Waals surface area (Å²) in [6.07, 6.45) is 1.95. The molecule has 0 saturated carbocycles. The number of hydrogen-bond acceptors (Lipinski definition) is 4. The maximum Gasteiger partial charge on any atom is 0.107 e. The molecule has 88 valence electrons. The molecule has 0 aliphatic rings. The van der Waals surface area contributed by atoms with Crippen LogP contribution in [0, 0.1) is 16.7 Å². The van der Waals surface area contributed by atoms with Gasteiger partial charge in [0, 0.05) is 24.2 Å². The molecule has 0 aliphatic heterocycles. The fourth-order valence-corrected chi connectivity index (χ4v) is 2.09. The maximum absolute atomic E-state index is 8.87. The van der Waals surface area contributed by atoms with E-state index in [9.17, 15) is 0 Å². The molecule has 1 aromatic rings. The van der Waals surface area contributed by atoms with Gasteiger partial charge in [-0.2, -0.15) is 5.26 Å². The Morgan fingerprint density at radius 1 is 1.56 bits per heavy atom. The summed E-state index contributed by atoms with van der Waals surface area (Å²) in [5, 5.41) is 13.2. The number of nitriles is 1. The SMILES string of the molecule is CC(C)c1cnc(CNCC(C)(C)C#N)s1. The summed E-state index contributed by atoms with van der Waals surface area (Å²) in [4.78, 5) is 5.67. The molecule has 0 unspecified atom stereocenters. The Morgan fingerprint density at radius 2 is 2.25 bits per heavy atom. The summed E-state index contributed by atoms with van der Waals surface area (Å²) in [6.45, 7) is 9.65. The van der Waals surface area contributed by atoms with Crippen LogP contribution in [-0.4, -0.2) is 11.5 Å². The van der Waals surface area contributed by atoms with Gasteiger partial charge in [-0.3, -0.25) is 0 Å². The molecule has 0 aliphatic carbocycles. The van der Waals surface area contributed by atoms with Crippen molar-refractivity contribution >= 4 is 11.3 Å². The first-order valence-electron chi connectivity index (χ1n) is 5.51. The monoisotopic (exact) mass is 237 g/mol. The van der Waals surface area contributed by atoms with Crippen LogP contribution in [0.25, 0.3) is 0 Å². The Morgan fingerprint density at radius 3 is 2.75 bits per heavy atom. The maximum atomic E-state index is 8.87. The lowest BCUT2D eigenvalue weighted by Crippen LogP contribution is -2.27. The van der Waals surface area contributed by atoms with Crippen molar-refractivity contribution in [3.63, 3.8) is 0 Å². The van der Waals surface area contributed by atoms with E-state index in [0.29, 0.717) is 12.5 Å². The summed E-state index contributed by atoms with van der Waals surface area (Å²) in [6, 6.07) is 2.27. The minimum absolute atomic E-state index is 0.307. The third-order valence-electron chi connectivity index (χ3n) is 2.29. The molecule has 0 atom stereocenters. The van der Waals surface area contributed by atoms with E-state index in [2.05, 4.69) is 30.2 Å². The molecule has 0 spiro atoms. The van der Waals surface area contributed by atoms with Crippen LogP contribution < -0.4 is 5.32 Å². The van der Waals surface area contributed by atoms with E-state index in [1.165, 1.54) is 4.88 Å². The van der Waals surface area contributed by atoms with Gasteiger partial charge in [0.25, 0.3) is 0 Å². The van der Waals surface area contributed by atoms with Gasteiger partial charge in [-0.15, -0.1) is 11.3 Å². The first kappa shape index (κ1) is 13.1. The fraction of sp³-hybridized carbons (Fsp3) is 0.667. The van der Waals surface area contributed by atoms with Crippen LogP contribution in [0.15, 0.2) is 6.20 Å². The summed E-state index contributed by atoms with van der Waals surface area (Å²) in [5.41, 5.74) is -0.307. The van der Waals surface area contributed by atoms with Crippen LogP contribution in [0.2, 0.25) is 0 Å². The van der Waals surface area contributed by atoms with E-state index in [-0.39, 0.29) is 5.41 Å². The first-order valence-corrected chi connectivity index (χ1v) is 6.33. The highest BCUT2D eigenvalue weighted by Gasteiger charge is 2.15. The molecular formula is C12H19N3S. The molecule has 1 rings (SSSR count). The molecule has 1 N–H and O–H groups in total. The second kappa shape index (κ2) is 5.42. The van der Waals surface area contributed by atoms with E-state index in [4.69, 9.17) is 5.26 Å². The lowest BCUT2D eigenvalue weighted by Gasteiger charge is -2.14. The number of nitrogens with zero attached hydrogens (tertiary/aromatic N) is 2. The molecular weight excluding hydrogens is 218 g/mol. The quantitative estimate of drug-likeness (QED) is 0.856. The topological polar surface area (TPSA) is 48.7 Å². The second-order valence-electron chi connectivity index (χ2n) is 4.91. The average molecular weight is 237 g/mol. The highest BCUT2D eigenvalue weighted by molar-refractivity contribution is 7.11. The van der Waals surface area contributed by atoms with E-state index in [1.54, 1.807) is 11.3 Å². The van der Waals surface area contributed by atoms with E-state index in [0.717, 1.165) is 11.6 Å². The zero-order valence-corrected chi connectivity index (χ0v) is 11.2. The minimum Gasteiger partial charge on any atom is -0.309 e. The molecule has 0 radical (unpaired) electrons. The molecule has 0 amide bonds. The van der Waals surface area contributed by atoms with Crippen LogP contribution in [0.4, 0.5) is 0 Å². The number of aromatic nitrogens is 1. The van der Waals surface area contributed by atoms with Gasteiger partial charge in [0.2, 0.25) is 0 Å².